The largest absolute Gasteiger partial charge is 0.489 e. The van der Waals surface area contributed by atoms with Crippen molar-refractivity contribution in [1.29, 1.82) is 0 Å². The first-order valence-corrected chi connectivity index (χ1v) is 7.64. The molecule has 2 aromatic carbocycles. The Morgan fingerprint density at radius 3 is 2.50 bits per heavy atom. The molecule has 1 N–H and O–H groups in total. The maximum Gasteiger partial charge on any atom is 0.278 e. The van der Waals surface area contributed by atoms with Gasteiger partial charge in [-0.25, -0.2) is 0 Å². The van der Waals surface area contributed by atoms with Crippen LogP contribution < -0.4 is 10.1 Å². The molecule has 1 amide bonds. The van der Waals surface area contributed by atoms with Crippen LogP contribution >= 0.6 is 0 Å². The molecule has 122 valence electrons. The van der Waals surface area contributed by atoms with Crippen LogP contribution in [0, 0.1) is 13.8 Å². The van der Waals surface area contributed by atoms with Crippen molar-refractivity contribution >= 4 is 11.6 Å². The fourth-order valence-corrected chi connectivity index (χ4v) is 2.24. The number of para-hydroxylation sites is 1. The average Bonchev–Trinajstić information content (AvgIpc) is 2.96. The summed E-state index contributed by atoms with van der Waals surface area (Å²) in [5.74, 6) is 0.983. The number of amides is 1. The molecule has 1 aromatic heterocycles. The first-order valence-electron chi connectivity index (χ1n) is 7.64. The van der Waals surface area contributed by atoms with Crippen LogP contribution in [0.15, 0.2) is 59.1 Å². The summed E-state index contributed by atoms with van der Waals surface area (Å²) in [6.07, 6.45) is 0. The van der Waals surface area contributed by atoms with E-state index in [1.54, 1.807) is 6.92 Å². The fourth-order valence-electron chi connectivity index (χ4n) is 2.24. The van der Waals surface area contributed by atoms with Crippen LogP contribution in [-0.2, 0) is 6.61 Å². The zero-order valence-electron chi connectivity index (χ0n) is 13.6. The Hall–Kier alpha value is -3.08. The molecule has 3 aromatic rings. The molecule has 0 atom stereocenters. The van der Waals surface area contributed by atoms with E-state index in [1.807, 2.05) is 61.5 Å². The lowest BCUT2D eigenvalue weighted by molar-refractivity contribution is 0.101. The lowest BCUT2D eigenvalue weighted by Crippen LogP contribution is -2.15. The van der Waals surface area contributed by atoms with Crippen LogP contribution in [0.5, 0.6) is 5.75 Å². The van der Waals surface area contributed by atoms with E-state index in [1.165, 1.54) is 0 Å². The zero-order chi connectivity index (χ0) is 16.9. The third kappa shape index (κ3) is 3.63. The predicted octanol–water partition coefficient (Wildman–Crippen LogP) is 4.12. The number of aryl methyl sites for hydroxylation is 2. The molecule has 5 nitrogen and oxygen atoms in total. The van der Waals surface area contributed by atoms with Gasteiger partial charge in [0.25, 0.3) is 5.91 Å². The highest BCUT2D eigenvalue weighted by atomic mass is 16.5. The third-order valence-electron chi connectivity index (χ3n) is 3.64. The van der Waals surface area contributed by atoms with Crippen LogP contribution in [0.25, 0.3) is 0 Å². The zero-order valence-corrected chi connectivity index (χ0v) is 13.6. The van der Waals surface area contributed by atoms with Crippen LogP contribution in [0.4, 0.5) is 5.69 Å². The minimum atomic E-state index is -0.319. The van der Waals surface area contributed by atoms with E-state index in [0.29, 0.717) is 17.0 Å². The minimum absolute atomic E-state index is 0.218. The first kappa shape index (κ1) is 15.8. The Morgan fingerprint density at radius 2 is 1.79 bits per heavy atom. The van der Waals surface area contributed by atoms with Crippen molar-refractivity contribution in [3.63, 3.8) is 0 Å². The highest BCUT2D eigenvalue weighted by Gasteiger charge is 2.20. The highest BCUT2D eigenvalue weighted by Crippen LogP contribution is 2.19. The van der Waals surface area contributed by atoms with Crippen molar-refractivity contribution in [2.75, 3.05) is 5.32 Å². The molecule has 0 spiro atoms. The quantitative estimate of drug-likeness (QED) is 0.767. The Kier molecular flexibility index (Phi) is 4.61. The molecule has 24 heavy (non-hydrogen) atoms. The van der Waals surface area contributed by atoms with Gasteiger partial charge in [0.05, 0.1) is 5.56 Å². The van der Waals surface area contributed by atoms with Gasteiger partial charge in [0.2, 0.25) is 0 Å². The molecule has 0 radical (unpaired) electrons. The topological polar surface area (TPSA) is 64.4 Å². The second kappa shape index (κ2) is 7.00. The van der Waals surface area contributed by atoms with Crippen LogP contribution in [0.1, 0.15) is 27.4 Å². The highest BCUT2D eigenvalue weighted by molar-refractivity contribution is 6.03. The maximum absolute atomic E-state index is 12.4. The number of ether oxygens (including phenoxy) is 1. The summed E-state index contributed by atoms with van der Waals surface area (Å²) in [4.78, 5) is 12.4. The number of nitrogens with one attached hydrogen (secondary N) is 1. The minimum Gasteiger partial charge on any atom is -0.489 e. The van der Waals surface area contributed by atoms with Crippen LogP contribution in [0.3, 0.4) is 0 Å². The molecule has 0 aliphatic heterocycles. The number of nitrogens with zero attached hydrogens (tertiary/aromatic N) is 1. The summed E-state index contributed by atoms with van der Waals surface area (Å²) in [5, 5.41) is 6.67. The predicted molar refractivity (Wildman–Crippen MR) is 91.1 cm³/mol. The number of aromatic nitrogens is 1. The summed E-state index contributed by atoms with van der Waals surface area (Å²) >= 11 is 0. The number of anilines is 1. The number of hydrogen-bond acceptors (Lipinski definition) is 4. The third-order valence-corrected chi connectivity index (χ3v) is 3.64. The molecular weight excluding hydrogens is 304 g/mol. The van der Waals surface area contributed by atoms with Crippen molar-refractivity contribution < 1.29 is 14.1 Å². The number of rotatable bonds is 5. The number of carbonyl (C=O) groups excluding carboxylic acids is 1. The van der Waals surface area contributed by atoms with E-state index in [9.17, 15) is 4.79 Å². The summed E-state index contributed by atoms with van der Waals surface area (Å²) in [6, 6.07) is 16.9. The van der Waals surface area contributed by atoms with Crippen molar-refractivity contribution in [2.45, 2.75) is 20.5 Å². The summed E-state index contributed by atoms with van der Waals surface area (Å²) < 4.78 is 10.9. The van der Waals surface area contributed by atoms with Gasteiger partial charge in [0, 0.05) is 5.69 Å². The molecule has 0 bridgehead atoms. The Balaban J connectivity index is 1.73. The maximum atomic E-state index is 12.4. The Bertz CT molecular complexity index is 824. The SMILES string of the molecule is Cc1ccc(OCc2c(C(=O)Nc3ccccc3)noc2C)cc1. The average molecular weight is 322 g/mol. The van der Waals surface area contributed by atoms with Gasteiger partial charge in [-0.1, -0.05) is 41.1 Å². The van der Waals surface area contributed by atoms with Gasteiger partial charge in [-0.2, -0.15) is 0 Å². The molecule has 5 heteroatoms. The van der Waals surface area contributed by atoms with Gasteiger partial charge in [0.15, 0.2) is 5.69 Å². The van der Waals surface area contributed by atoms with E-state index >= 15 is 0 Å². The molecule has 0 unspecified atom stereocenters. The number of carbonyl (C=O) groups is 1. The first-order chi connectivity index (χ1) is 11.6. The van der Waals surface area contributed by atoms with E-state index in [4.69, 9.17) is 9.26 Å². The normalized spacial score (nSPS) is 10.4. The van der Waals surface area contributed by atoms with Crippen molar-refractivity contribution in [1.82, 2.24) is 5.16 Å². The second-order valence-electron chi connectivity index (χ2n) is 5.49. The molecule has 0 fully saturated rings. The Morgan fingerprint density at radius 1 is 1.08 bits per heavy atom. The molecule has 0 saturated carbocycles. The summed E-state index contributed by atoms with van der Waals surface area (Å²) in [6.45, 7) is 4.00. The van der Waals surface area contributed by atoms with Crippen molar-refractivity contribution in [3.8, 4) is 5.75 Å². The van der Waals surface area contributed by atoms with Gasteiger partial charge >= 0.3 is 0 Å². The lowest BCUT2D eigenvalue weighted by Gasteiger charge is -2.07. The monoisotopic (exact) mass is 322 g/mol. The van der Waals surface area contributed by atoms with Crippen molar-refractivity contribution in [2.24, 2.45) is 0 Å². The lowest BCUT2D eigenvalue weighted by atomic mass is 10.2. The molecule has 0 aliphatic rings. The standard InChI is InChI=1S/C19H18N2O3/c1-13-8-10-16(11-9-13)23-12-17-14(2)24-21-18(17)19(22)20-15-6-4-3-5-7-15/h3-11H,12H2,1-2H3,(H,20,22). The molecule has 3 rings (SSSR count). The van der Waals surface area contributed by atoms with Crippen molar-refractivity contribution in [3.05, 3.63) is 77.2 Å². The van der Waals surface area contributed by atoms with Gasteiger partial charge in [-0.15, -0.1) is 0 Å². The van der Waals surface area contributed by atoms with Crippen LogP contribution in [0.2, 0.25) is 0 Å². The summed E-state index contributed by atoms with van der Waals surface area (Å²) in [5.41, 5.74) is 2.74. The molecular formula is C19H18N2O3. The second-order valence-corrected chi connectivity index (χ2v) is 5.49. The van der Waals surface area contributed by atoms with E-state index in [-0.39, 0.29) is 18.2 Å². The number of benzene rings is 2. The smallest absolute Gasteiger partial charge is 0.278 e. The summed E-state index contributed by atoms with van der Waals surface area (Å²) in [7, 11) is 0. The van der Waals surface area contributed by atoms with E-state index in [2.05, 4.69) is 10.5 Å². The van der Waals surface area contributed by atoms with E-state index < -0.39 is 0 Å². The van der Waals surface area contributed by atoms with Crippen LogP contribution in [-0.4, -0.2) is 11.1 Å². The molecule has 0 aliphatic carbocycles. The van der Waals surface area contributed by atoms with E-state index in [0.717, 1.165) is 11.3 Å². The van der Waals surface area contributed by atoms with Gasteiger partial charge in [0.1, 0.15) is 18.1 Å². The molecule has 1 heterocycles. The van der Waals surface area contributed by atoms with Gasteiger partial charge < -0.3 is 14.6 Å². The van der Waals surface area contributed by atoms with Gasteiger partial charge in [-0.3, -0.25) is 4.79 Å². The molecule has 0 saturated heterocycles. The van der Waals surface area contributed by atoms with Gasteiger partial charge in [-0.05, 0) is 38.1 Å². The fraction of sp³-hybridized carbons (Fsp3) is 0.158. The number of hydrogen-bond donors (Lipinski definition) is 1. The Labute approximate surface area is 140 Å².